The quantitative estimate of drug-likeness (QED) is 0.535. The highest BCUT2D eigenvalue weighted by molar-refractivity contribution is 5.78. The van der Waals surface area contributed by atoms with Crippen LogP contribution in [0.25, 0.3) is 0 Å². The SMILES string of the molecule is COCCOCC(=O)NN(CC(C)(C)C)c1cc(C(F)(F)F)nc(C#N)n1. The van der Waals surface area contributed by atoms with Crippen molar-refractivity contribution in [3.8, 4) is 6.07 Å². The van der Waals surface area contributed by atoms with Crippen LogP contribution in [-0.4, -0.2) is 49.4 Å². The zero-order valence-electron chi connectivity index (χ0n) is 15.6. The van der Waals surface area contributed by atoms with Gasteiger partial charge in [-0.2, -0.15) is 23.4 Å². The summed E-state index contributed by atoms with van der Waals surface area (Å²) in [5.41, 5.74) is 0.786. The predicted molar refractivity (Wildman–Crippen MR) is 89.4 cm³/mol. The van der Waals surface area contributed by atoms with Gasteiger partial charge < -0.3 is 9.47 Å². The molecule has 0 bridgehead atoms. The second-order valence-electron chi connectivity index (χ2n) is 6.77. The van der Waals surface area contributed by atoms with Gasteiger partial charge in [-0.3, -0.25) is 15.2 Å². The summed E-state index contributed by atoms with van der Waals surface area (Å²) in [7, 11) is 1.48. The Kier molecular flexibility index (Phi) is 7.93. The molecule has 1 N–H and O–H groups in total. The van der Waals surface area contributed by atoms with E-state index in [1.54, 1.807) is 0 Å². The molecule has 1 heterocycles. The molecule has 0 radical (unpaired) electrons. The van der Waals surface area contributed by atoms with Crippen LogP contribution in [0.1, 0.15) is 32.3 Å². The summed E-state index contributed by atoms with van der Waals surface area (Å²) in [5.74, 6) is -1.47. The molecular weight excluding hydrogens is 367 g/mol. The highest BCUT2D eigenvalue weighted by atomic mass is 19.4. The van der Waals surface area contributed by atoms with Gasteiger partial charge in [0.05, 0.1) is 13.2 Å². The Bertz CT molecular complexity index is 683. The number of nitrogens with one attached hydrogen (secondary N) is 1. The van der Waals surface area contributed by atoms with E-state index in [1.807, 2.05) is 20.8 Å². The van der Waals surface area contributed by atoms with Crippen molar-refractivity contribution in [2.45, 2.75) is 26.9 Å². The Balaban J connectivity index is 3.10. The Morgan fingerprint density at radius 2 is 1.96 bits per heavy atom. The number of halogens is 3. The molecule has 11 heteroatoms. The van der Waals surface area contributed by atoms with Crippen molar-refractivity contribution in [2.75, 3.05) is 38.5 Å². The maximum absolute atomic E-state index is 13.0. The van der Waals surface area contributed by atoms with Gasteiger partial charge in [0.15, 0.2) is 11.5 Å². The van der Waals surface area contributed by atoms with Gasteiger partial charge in [-0.05, 0) is 5.41 Å². The Hall–Kier alpha value is -2.45. The summed E-state index contributed by atoms with van der Waals surface area (Å²) in [4.78, 5) is 19.0. The summed E-state index contributed by atoms with van der Waals surface area (Å²) in [6.45, 7) is 5.80. The number of methoxy groups -OCH3 is 1. The number of carbonyl (C=O) groups excluding carboxylic acids is 1. The maximum atomic E-state index is 13.0. The lowest BCUT2D eigenvalue weighted by Crippen LogP contribution is -2.48. The summed E-state index contributed by atoms with van der Waals surface area (Å²) < 4.78 is 49.0. The smallest absolute Gasteiger partial charge is 0.382 e. The number of rotatable bonds is 8. The van der Waals surface area contributed by atoms with Gasteiger partial charge in [0, 0.05) is 19.7 Å². The normalized spacial score (nSPS) is 11.8. The van der Waals surface area contributed by atoms with E-state index in [-0.39, 0.29) is 25.6 Å². The Morgan fingerprint density at radius 1 is 1.30 bits per heavy atom. The molecule has 0 aromatic carbocycles. The van der Waals surface area contributed by atoms with E-state index in [4.69, 9.17) is 14.7 Å². The molecule has 0 atom stereocenters. The highest BCUT2D eigenvalue weighted by Crippen LogP contribution is 2.30. The second kappa shape index (κ2) is 9.48. The molecule has 0 saturated carbocycles. The Morgan fingerprint density at radius 3 is 2.48 bits per heavy atom. The molecule has 1 aromatic heterocycles. The maximum Gasteiger partial charge on any atom is 0.433 e. The number of amides is 1. The summed E-state index contributed by atoms with van der Waals surface area (Å²) in [5, 5.41) is 10.1. The van der Waals surface area contributed by atoms with E-state index in [0.29, 0.717) is 12.7 Å². The van der Waals surface area contributed by atoms with E-state index in [1.165, 1.54) is 13.2 Å². The van der Waals surface area contributed by atoms with E-state index in [2.05, 4.69) is 15.4 Å². The van der Waals surface area contributed by atoms with Crippen molar-refractivity contribution >= 4 is 11.7 Å². The van der Waals surface area contributed by atoms with Crippen LogP contribution < -0.4 is 10.4 Å². The molecule has 0 saturated heterocycles. The summed E-state index contributed by atoms with van der Waals surface area (Å²) >= 11 is 0. The molecule has 0 aliphatic carbocycles. The van der Waals surface area contributed by atoms with Crippen LogP contribution in [-0.2, 0) is 20.4 Å². The lowest BCUT2D eigenvalue weighted by atomic mass is 9.97. The minimum atomic E-state index is -4.76. The first kappa shape index (κ1) is 22.6. The third kappa shape index (κ3) is 8.19. The van der Waals surface area contributed by atoms with Crippen molar-refractivity contribution in [1.82, 2.24) is 15.4 Å². The van der Waals surface area contributed by atoms with Crippen LogP contribution in [0.4, 0.5) is 19.0 Å². The van der Waals surface area contributed by atoms with Gasteiger partial charge in [0.2, 0.25) is 5.82 Å². The van der Waals surface area contributed by atoms with E-state index < -0.39 is 29.0 Å². The minimum Gasteiger partial charge on any atom is -0.382 e. The third-order valence-corrected chi connectivity index (χ3v) is 2.94. The molecule has 27 heavy (non-hydrogen) atoms. The van der Waals surface area contributed by atoms with Crippen LogP contribution in [0.2, 0.25) is 0 Å². The van der Waals surface area contributed by atoms with Gasteiger partial charge in [0.25, 0.3) is 5.91 Å². The van der Waals surface area contributed by atoms with Crippen molar-refractivity contribution < 1.29 is 27.4 Å². The van der Waals surface area contributed by atoms with Crippen LogP contribution in [0.5, 0.6) is 0 Å². The number of aromatic nitrogens is 2. The molecule has 8 nitrogen and oxygen atoms in total. The fourth-order valence-electron chi connectivity index (χ4n) is 1.91. The zero-order chi connectivity index (χ0) is 20.7. The number of carbonyl (C=O) groups is 1. The summed E-state index contributed by atoms with van der Waals surface area (Å²) in [6.07, 6.45) is -4.76. The number of nitriles is 1. The molecule has 0 spiro atoms. The molecule has 1 amide bonds. The number of alkyl halides is 3. The molecule has 150 valence electrons. The van der Waals surface area contributed by atoms with Crippen molar-refractivity contribution in [3.05, 3.63) is 17.6 Å². The molecule has 1 aromatic rings. The van der Waals surface area contributed by atoms with Crippen molar-refractivity contribution in [1.29, 1.82) is 5.26 Å². The number of nitrogens with zero attached hydrogens (tertiary/aromatic N) is 4. The number of ether oxygens (including phenoxy) is 2. The lowest BCUT2D eigenvalue weighted by molar-refractivity contribution is -0.141. The van der Waals surface area contributed by atoms with E-state index in [9.17, 15) is 18.0 Å². The van der Waals surface area contributed by atoms with Gasteiger partial charge >= 0.3 is 6.18 Å². The summed E-state index contributed by atoms with van der Waals surface area (Å²) in [6, 6.07) is 2.18. The lowest BCUT2D eigenvalue weighted by Gasteiger charge is -2.31. The molecule has 0 aliphatic heterocycles. The van der Waals surface area contributed by atoms with Crippen molar-refractivity contribution in [3.63, 3.8) is 0 Å². The highest BCUT2D eigenvalue weighted by Gasteiger charge is 2.34. The van der Waals surface area contributed by atoms with Gasteiger partial charge in [-0.15, -0.1) is 0 Å². The molecule has 1 rings (SSSR count). The van der Waals surface area contributed by atoms with Gasteiger partial charge in [-0.25, -0.2) is 4.98 Å². The topological polar surface area (TPSA) is 100 Å². The van der Waals surface area contributed by atoms with Crippen LogP contribution in [0, 0.1) is 16.7 Å². The molecule has 0 aliphatic rings. The van der Waals surface area contributed by atoms with Crippen molar-refractivity contribution in [2.24, 2.45) is 5.41 Å². The molecule has 0 fully saturated rings. The standard InChI is InChI=1S/C16H22F3N5O3/c1-15(2,3)10-24(23-14(25)9-27-6-5-26-4)13-7-11(16(17,18)19)21-12(8-20)22-13/h7H,5-6,9-10H2,1-4H3,(H,23,25). The van der Waals surface area contributed by atoms with Crippen LogP contribution in [0.15, 0.2) is 6.07 Å². The fraction of sp³-hybridized carbons (Fsp3) is 0.625. The van der Waals surface area contributed by atoms with Gasteiger partial charge in [0.1, 0.15) is 12.7 Å². The minimum absolute atomic E-state index is 0.135. The first-order valence-electron chi connectivity index (χ1n) is 7.96. The number of hydrogen-bond donors (Lipinski definition) is 1. The van der Waals surface area contributed by atoms with E-state index >= 15 is 0 Å². The second-order valence-corrected chi connectivity index (χ2v) is 6.77. The average Bonchev–Trinajstić information content (AvgIpc) is 2.55. The zero-order valence-corrected chi connectivity index (χ0v) is 15.6. The number of anilines is 1. The predicted octanol–water partition coefficient (Wildman–Crippen LogP) is 1.91. The fourth-order valence-corrected chi connectivity index (χ4v) is 1.91. The third-order valence-electron chi connectivity index (χ3n) is 2.94. The molecular formula is C16H22F3N5O3. The number of hydrazine groups is 1. The average molecular weight is 389 g/mol. The van der Waals surface area contributed by atoms with Crippen LogP contribution in [0.3, 0.4) is 0 Å². The largest absolute Gasteiger partial charge is 0.433 e. The Labute approximate surface area is 155 Å². The first-order valence-corrected chi connectivity index (χ1v) is 7.96. The number of hydrogen-bond acceptors (Lipinski definition) is 7. The van der Waals surface area contributed by atoms with E-state index in [0.717, 1.165) is 5.01 Å². The molecule has 0 unspecified atom stereocenters. The monoisotopic (exact) mass is 389 g/mol. The van der Waals surface area contributed by atoms with Gasteiger partial charge in [-0.1, -0.05) is 20.8 Å². The van der Waals surface area contributed by atoms with Crippen LogP contribution >= 0.6 is 0 Å². The first-order chi connectivity index (χ1) is 12.5.